The molecule has 0 aromatic heterocycles. The van der Waals surface area contributed by atoms with Crippen LogP contribution in [0, 0.1) is 10.1 Å². The lowest BCUT2D eigenvalue weighted by molar-refractivity contribution is -0.384. The number of benzene rings is 2. The molecular formula is C17H18ClN3O7S. The average Bonchev–Trinajstić information content (AvgIpc) is 2.66. The Kier molecular flexibility index (Phi) is 6.88. The maximum absolute atomic E-state index is 12.5. The molecule has 0 aliphatic carbocycles. The molecule has 0 unspecified atom stereocenters. The second-order valence-electron chi connectivity index (χ2n) is 5.78. The Hall–Kier alpha value is -3.05. The molecule has 0 fully saturated rings. The van der Waals surface area contributed by atoms with Crippen LogP contribution in [0.1, 0.15) is 0 Å². The van der Waals surface area contributed by atoms with E-state index in [1.54, 1.807) is 0 Å². The van der Waals surface area contributed by atoms with E-state index in [2.05, 4.69) is 5.32 Å². The molecule has 1 N–H and O–H groups in total. The van der Waals surface area contributed by atoms with Gasteiger partial charge in [0.05, 0.1) is 41.8 Å². The number of sulfonamides is 1. The summed E-state index contributed by atoms with van der Waals surface area (Å²) in [5, 5.41) is 13.4. The number of carbonyl (C=O) groups excluding carboxylic acids is 1. The highest BCUT2D eigenvalue weighted by Crippen LogP contribution is 2.34. The smallest absolute Gasteiger partial charge is 0.271 e. The molecule has 2 aromatic carbocycles. The van der Waals surface area contributed by atoms with Gasteiger partial charge in [-0.2, -0.15) is 0 Å². The van der Waals surface area contributed by atoms with Crippen molar-refractivity contribution in [2.45, 2.75) is 0 Å². The van der Waals surface area contributed by atoms with Crippen molar-refractivity contribution in [1.29, 1.82) is 0 Å². The van der Waals surface area contributed by atoms with Crippen LogP contribution in [-0.4, -0.2) is 46.3 Å². The number of nitro benzene ring substituents is 1. The van der Waals surface area contributed by atoms with Crippen molar-refractivity contribution in [2.75, 3.05) is 36.6 Å². The Labute approximate surface area is 172 Å². The fourth-order valence-electron chi connectivity index (χ4n) is 2.41. The number of hydrogen-bond donors (Lipinski definition) is 1. The van der Waals surface area contributed by atoms with Gasteiger partial charge in [0.15, 0.2) is 0 Å². The van der Waals surface area contributed by atoms with Gasteiger partial charge in [-0.25, -0.2) is 8.42 Å². The Balaban J connectivity index is 2.34. The van der Waals surface area contributed by atoms with Crippen molar-refractivity contribution in [1.82, 2.24) is 0 Å². The Morgan fingerprint density at radius 3 is 2.45 bits per heavy atom. The Morgan fingerprint density at radius 1 is 1.21 bits per heavy atom. The SMILES string of the molecule is COc1ccc(N(CC(=O)Nc2cc([N+](=O)[O-])ccc2Cl)S(C)(=O)=O)c(OC)c1. The lowest BCUT2D eigenvalue weighted by Crippen LogP contribution is -2.37. The van der Waals surface area contributed by atoms with E-state index in [-0.39, 0.29) is 27.8 Å². The van der Waals surface area contributed by atoms with Crippen LogP contribution in [0.5, 0.6) is 11.5 Å². The van der Waals surface area contributed by atoms with Gasteiger partial charge < -0.3 is 14.8 Å². The summed E-state index contributed by atoms with van der Waals surface area (Å²) in [7, 11) is -1.09. The first kappa shape index (κ1) is 22.2. The second kappa shape index (κ2) is 8.97. The number of nitro groups is 1. The first-order valence-electron chi connectivity index (χ1n) is 8.00. The van der Waals surface area contributed by atoms with Crippen molar-refractivity contribution in [3.05, 3.63) is 51.5 Å². The zero-order valence-corrected chi connectivity index (χ0v) is 17.3. The molecule has 2 rings (SSSR count). The molecule has 2 aromatic rings. The van der Waals surface area contributed by atoms with Crippen LogP contribution in [0.2, 0.25) is 5.02 Å². The van der Waals surface area contributed by atoms with Crippen LogP contribution in [-0.2, 0) is 14.8 Å². The number of anilines is 2. The maximum Gasteiger partial charge on any atom is 0.271 e. The third kappa shape index (κ3) is 5.48. The largest absolute Gasteiger partial charge is 0.497 e. The van der Waals surface area contributed by atoms with Crippen LogP contribution >= 0.6 is 11.6 Å². The molecule has 0 bridgehead atoms. The number of non-ortho nitro benzene ring substituents is 1. The molecule has 0 aliphatic heterocycles. The zero-order valence-electron chi connectivity index (χ0n) is 15.7. The van der Waals surface area contributed by atoms with Gasteiger partial charge in [0.1, 0.15) is 18.0 Å². The molecule has 0 spiro atoms. The van der Waals surface area contributed by atoms with Crippen molar-refractivity contribution >= 4 is 44.6 Å². The molecule has 10 nitrogen and oxygen atoms in total. The standard InChI is InChI=1S/C17H18ClN3O7S/c1-27-12-5-7-15(16(9-12)28-2)20(29(3,25)26)10-17(22)19-14-8-11(21(23)24)4-6-13(14)18/h4-9H,10H2,1-3H3,(H,19,22). The van der Waals surface area contributed by atoms with Crippen molar-refractivity contribution in [3.8, 4) is 11.5 Å². The normalized spacial score (nSPS) is 10.9. The molecule has 156 valence electrons. The lowest BCUT2D eigenvalue weighted by Gasteiger charge is -2.24. The molecule has 12 heteroatoms. The minimum Gasteiger partial charge on any atom is -0.497 e. The number of rotatable bonds is 8. The van der Waals surface area contributed by atoms with Gasteiger partial charge >= 0.3 is 0 Å². The Morgan fingerprint density at radius 2 is 1.90 bits per heavy atom. The predicted molar refractivity (Wildman–Crippen MR) is 108 cm³/mol. The third-order valence-corrected chi connectivity index (χ3v) is 5.23. The lowest BCUT2D eigenvalue weighted by atomic mass is 10.2. The van der Waals surface area contributed by atoms with Crippen molar-refractivity contribution in [2.24, 2.45) is 0 Å². The summed E-state index contributed by atoms with van der Waals surface area (Å²) in [4.78, 5) is 22.8. The molecule has 0 atom stereocenters. The highest BCUT2D eigenvalue weighted by Gasteiger charge is 2.25. The molecule has 0 saturated carbocycles. The molecule has 29 heavy (non-hydrogen) atoms. The number of carbonyl (C=O) groups is 1. The van der Waals surface area contributed by atoms with E-state index in [9.17, 15) is 23.3 Å². The summed E-state index contributed by atoms with van der Waals surface area (Å²) in [5.41, 5.74) is -0.168. The van der Waals surface area contributed by atoms with Gasteiger partial charge in [-0.3, -0.25) is 19.2 Å². The molecular weight excluding hydrogens is 426 g/mol. The number of nitrogens with zero attached hydrogens (tertiary/aromatic N) is 2. The van der Waals surface area contributed by atoms with Crippen molar-refractivity contribution < 1.29 is 27.6 Å². The molecule has 0 aliphatic rings. The highest BCUT2D eigenvalue weighted by atomic mass is 35.5. The summed E-state index contributed by atoms with van der Waals surface area (Å²) in [6.45, 7) is -0.611. The quantitative estimate of drug-likeness (QED) is 0.490. The Bertz CT molecular complexity index is 1040. The number of hydrogen-bond acceptors (Lipinski definition) is 7. The van der Waals surface area contributed by atoms with Gasteiger partial charge in [0.25, 0.3) is 5.69 Å². The van der Waals surface area contributed by atoms with Crippen LogP contribution in [0.4, 0.5) is 17.1 Å². The first-order valence-corrected chi connectivity index (χ1v) is 10.2. The van der Waals surface area contributed by atoms with Gasteiger partial charge in [-0.05, 0) is 18.2 Å². The highest BCUT2D eigenvalue weighted by molar-refractivity contribution is 7.92. The number of methoxy groups -OCH3 is 2. The molecule has 0 radical (unpaired) electrons. The molecule has 0 heterocycles. The average molecular weight is 444 g/mol. The van der Waals surface area contributed by atoms with Gasteiger partial charge in [-0.1, -0.05) is 11.6 Å². The van der Waals surface area contributed by atoms with E-state index < -0.39 is 27.4 Å². The van der Waals surface area contributed by atoms with Gasteiger partial charge in [0, 0.05) is 18.2 Å². The van der Waals surface area contributed by atoms with E-state index in [0.29, 0.717) is 5.75 Å². The summed E-state index contributed by atoms with van der Waals surface area (Å²) in [6.07, 6.45) is 0.935. The fraction of sp³-hybridized carbons (Fsp3) is 0.235. The zero-order chi connectivity index (χ0) is 21.8. The minimum absolute atomic E-state index is 0.0130. The molecule has 0 saturated heterocycles. The van der Waals surface area contributed by atoms with E-state index in [1.807, 2.05) is 0 Å². The van der Waals surface area contributed by atoms with E-state index in [4.69, 9.17) is 21.1 Å². The number of halogens is 1. The monoisotopic (exact) mass is 443 g/mol. The van der Waals surface area contributed by atoms with Crippen LogP contribution in [0.3, 0.4) is 0 Å². The molecule has 1 amide bonds. The minimum atomic E-state index is -3.88. The van der Waals surface area contributed by atoms with Gasteiger partial charge in [-0.15, -0.1) is 0 Å². The third-order valence-electron chi connectivity index (χ3n) is 3.78. The second-order valence-corrected chi connectivity index (χ2v) is 8.09. The van der Waals surface area contributed by atoms with E-state index >= 15 is 0 Å². The van der Waals surface area contributed by atoms with Crippen LogP contribution in [0.25, 0.3) is 0 Å². The fourth-order valence-corrected chi connectivity index (χ4v) is 3.44. The predicted octanol–water partition coefficient (Wildman–Crippen LogP) is 2.67. The maximum atomic E-state index is 12.5. The summed E-state index contributed by atoms with van der Waals surface area (Å²) in [5.74, 6) is -0.140. The number of nitrogens with one attached hydrogen (secondary N) is 1. The summed E-state index contributed by atoms with van der Waals surface area (Å²) >= 11 is 5.97. The van der Waals surface area contributed by atoms with E-state index in [0.717, 1.165) is 16.6 Å². The summed E-state index contributed by atoms with van der Waals surface area (Å²) in [6, 6.07) is 7.96. The van der Waals surface area contributed by atoms with Crippen molar-refractivity contribution in [3.63, 3.8) is 0 Å². The van der Waals surface area contributed by atoms with Crippen LogP contribution in [0.15, 0.2) is 36.4 Å². The first-order chi connectivity index (χ1) is 13.6. The summed E-state index contributed by atoms with van der Waals surface area (Å²) < 4.78 is 35.7. The van der Waals surface area contributed by atoms with Gasteiger partial charge in [0.2, 0.25) is 15.9 Å². The number of ether oxygens (including phenoxy) is 2. The number of amides is 1. The van der Waals surface area contributed by atoms with E-state index in [1.165, 1.54) is 44.6 Å². The van der Waals surface area contributed by atoms with Crippen LogP contribution < -0.4 is 19.1 Å². The topological polar surface area (TPSA) is 128 Å².